The Hall–Kier alpha value is -1.00. The van der Waals surface area contributed by atoms with Crippen molar-refractivity contribution in [2.24, 2.45) is 0 Å². The second-order valence-electron chi connectivity index (χ2n) is 2.86. The standard InChI is InChI=1S/C10H12F2O2/c11-10(12)7-14-6-9(13)8-4-2-1-3-5-8/h1-5,9-10,13H,6-7H2. The molecule has 0 fully saturated rings. The first-order valence-corrected chi connectivity index (χ1v) is 4.29. The molecule has 0 radical (unpaired) electrons. The molecule has 0 aliphatic heterocycles. The zero-order valence-electron chi connectivity index (χ0n) is 7.57. The van der Waals surface area contributed by atoms with Crippen LogP contribution in [0.2, 0.25) is 0 Å². The molecule has 0 spiro atoms. The van der Waals surface area contributed by atoms with Crippen LogP contribution in [-0.4, -0.2) is 24.7 Å². The third-order valence-corrected chi connectivity index (χ3v) is 1.70. The molecule has 0 heterocycles. The lowest BCUT2D eigenvalue weighted by molar-refractivity contribution is -0.0204. The van der Waals surface area contributed by atoms with E-state index in [0.29, 0.717) is 5.56 Å². The lowest BCUT2D eigenvalue weighted by Crippen LogP contribution is -2.11. The van der Waals surface area contributed by atoms with Crippen molar-refractivity contribution in [1.82, 2.24) is 0 Å². The summed E-state index contributed by atoms with van der Waals surface area (Å²) < 4.78 is 28.0. The van der Waals surface area contributed by atoms with Crippen LogP contribution in [0.5, 0.6) is 0 Å². The van der Waals surface area contributed by atoms with Gasteiger partial charge in [-0.2, -0.15) is 0 Å². The Morgan fingerprint density at radius 2 is 1.79 bits per heavy atom. The van der Waals surface area contributed by atoms with Gasteiger partial charge in [-0.05, 0) is 5.56 Å². The van der Waals surface area contributed by atoms with Crippen LogP contribution in [0.15, 0.2) is 30.3 Å². The maximum absolute atomic E-state index is 11.7. The second-order valence-corrected chi connectivity index (χ2v) is 2.86. The van der Waals surface area contributed by atoms with Gasteiger partial charge in [0.25, 0.3) is 6.43 Å². The Kier molecular flexibility index (Phi) is 4.49. The lowest BCUT2D eigenvalue weighted by atomic mass is 10.1. The second kappa shape index (κ2) is 5.67. The highest BCUT2D eigenvalue weighted by atomic mass is 19.3. The van der Waals surface area contributed by atoms with Gasteiger partial charge >= 0.3 is 0 Å². The monoisotopic (exact) mass is 202 g/mol. The Labute approximate surface area is 81.1 Å². The van der Waals surface area contributed by atoms with Gasteiger partial charge < -0.3 is 9.84 Å². The summed E-state index contributed by atoms with van der Waals surface area (Å²) in [6.45, 7) is -0.738. The molecule has 0 amide bonds. The maximum Gasteiger partial charge on any atom is 0.261 e. The molecule has 1 rings (SSSR count). The van der Waals surface area contributed by atoms with Gasteiger partial charge in [-0.3, -0.25) is 0 Å². The van der Waals surface area contributed by atoms with Crippen molar-refractivity contribution in [2.75, 3.05) is 13.2 Å². The first kappa shape index (κ1) is 11.1. The number of ether oxygens (including phenoxy) is 1. The Morgan fingerprint density at radius 1 is 1.14 bits per heavy atom. The van der Waals surface area contributed by atoms with Crippen LogP contribution in [0.3, 0.4) is 0 Å². The molecule has 4 heteroatoms. The highest BCUT2D eigenvalue weighted by Gasteiger charge is 2.08. The normalized spacial score (nSPS) is 13.1. The maximum atomic E-state index is 11.7. The van der Waals surface area contributed by atoms with Crippen molar-refractivity contribution in [1.29, 1.82) is 0 Å². The predicted octanol–water partition coefficient (Wildman–Crippen LogP) is 2.00. The van der Waals surface area contributed by atoms with E-state index < -0.39 is 19.1 Å². The minimum atomic E-state index is -2.49. The molecule has 2 nitrogen and oxygen atoms in total. The first-order chi connectivity index (χ1) is 6.70. The highest BCUT2D eigenvalue weighted by molar-refractivity contribution is 5.17. The molecule has 0 bridgehead atoms. The van der Waals surface area contributed by atoms with Crippen LogP contribution in [0, 0.1) is 0 Å². The Morgan fingerprint density at radius 3 is 2.36 bits per heavy atom. The summed E-state index contributed by atoms with van der Waals surface area (Å²) in [6, 6.07) is 8.79. The van der Waals surface area contributed by atoms with Crippen LogP contribution >= 0.6 is 0 Å². The minimum Gasteiger partial charge on any atom is -0.386 e. The van der Waals surface area contributed by atoms with E-state index in [9.17, 15) is 13.9 Å². The third-order valence-electron chi connectivity index (χ3n) is 1.70. The van der Waals surface area contributed by atoms with Crippen LogP contribution in [-0.2, 0) is 4.74 Å². The summed E-state index contributed by atoms with van der Waals surface area (Å²) in [4.78, 5) is 0. The first-order valence-electron chi connectivity index (χ1n) is 4.29. The number of aliphatic hydroxyl groups excluding tert-OH is 1. The van der Waals surface area contributed by atoms with E-state index in [1.54, 1.807) is 24.3 Å². The lowest BCUT2D eigenvalue weighted by Gasteiger charge is -2.10. The number of aliphatic hydroxyl groups is 1. The van der Waals surface area contributed by atoms with Gasteiger partial charge in [0.1, 0.15) is 12.7 Å². The van der Waals surface area contributed by atoms with Crippen molar-refractivity contribution < 1.29 is 18.6 Å². The molecule has 0 aliphatic carbocycles. The molecular formula is C10H12F2O2. The van der Waals surface area contributed by atoms with Crippen LogP contribution in [0.25, 0.3) is 0 Å². The van der Waals surface area contributed by atoms with Gasteiger partial charge in [0.15, 0.2) is 0 Å². The zero-order chi connectivity index (χ0) is 10.4. The summed E-state index contributed by atoms with van der Waals surface area (Å²) in [7, 11) is 0. The highest BCUT2D eigenvalue weighted by Crippen LogP contribution is 2.12. The fourth-order valence-corrected chi connectivity index (χ4v) is 1.04. The van der Waals surface area contributed by atoms with E-state index in [-0.39, 0.29) is 6.61 Å². The molecule has 1 aromatic rings. The molecule has 0 aliphatic rings. The number of rotatable bonds is 5. The molecule has 1 aromatic carbocycles. The average molecular weight is 202 g/mol. The summed E-state index contributed by atoms with van der Waals surface area (Å²) >= 11 is 0. The number of hydrogen-bond acceptors (Lipinski definition) is 2. The topological polar surface area (TPSA) is 29.5 Å². The van der Waals surface area contributed by atoms with Crippen LogP contribution in [0.1, 0.15) is 11.7 Å². The smallest absolute Gasteiger partial charge is 0.261 e. The van der Waals surface area contributed by atoms with Gasteiger partial charge in [0.2, 0.25) is 0 Å². The number of benzene rings is 1. The quantitative estimate of drug-likeness (QED) is 0.791. The molecule has 0 aromatic heterocycles. The average Bonchev–Trinajstić information content (AvgIpc) is 2.18. The van der Waals surface area contributed by atoms with E-state index in [1.807, 2.05) is 6.07 Å². The van der Waals surface area contributed by atoms with Crippen molar-refractivity contribution in [3.05, 3.63) is 35.9 Å². The third kappa shape index (κ3) is 3.81. The van der Waals surface area contributed by atoms with Crippen LogP contribution < -0.4 is 0 Å². The van der Waals surface area contributed by atoms with Gasteiger partial charge in [-0.25, -0.2) is 8.78 Å². The zero-order valence-corrected chi connectivity index (χ0v) is 7.57. The van der Waals surface area contributed by atoms with E-state index in [1.165, 1.54) is 0 Å². The molecule has 0 saturated heterocycles. The van der Waals surface area contributed by atoms with Gasteiger partial charge in [-0.1, -0.05) is 30.3 Å². The molecule has 1 N–H and O–H groups in total. The predicted molar refractivity (Wildman–Crippen MR) is 48.2 cm³/mol. The number of halogens is 2. The molecule has 1 unspecified atom stereocenters. The molecule has 14 heavy (non-hydrogen) atoms. The fourth-order valence-electron chi connectivity index (χ4n) is 1.04. The molecule has 78 valence electrons. The van der Waals surface area contributed by atoms with E-state index in [4.69, 9.17) is 0 Å². The number of alkyl halides is 2. The van der Waals surface area contributed by atoms with Crippen molar-refractivity contribution in [3.63, 3.8) is 0 Å². The summed E-state index contributed by atoms with van der Waals surface area (Å²) in [5.74, 6) is 0. The molecule has 1 atom stereocenters. The van der Waals surface area contributed by atoms with Gasteiger partial charge in [0, 0.05) is 0 Å². The summed E-state index contributed by atoms with van der Waals surface area (Å²) in [5, 5.41) is 9.46. The van der Waals surface area contributed by atoms with Gasteiger partial charge in [-0.15, -0.1) is 0 Å². The van der Waals surface area contributed by atoms with E-state index in [2.05, 4.69) is 4.74 Å². The van der Waals surface area contributed by atoms with Crippen LogP contribution in [0.4, 0.5) is 8.78 Å². The van der Waals surface area contributed by atoms with Crippen molar-refractivity contribution >= 4 is 0 Å². The Bertz CT molecular complexity index is 252. The largest absolute Gasteiger partial charge is 0.386 e. The summed E-state index contributed by atoms with van der Waals surface area (Å²) in [6.07, 6.45) is -3.33. The Balaban J connectivity index is 2.32. The van der Waals surface area contributed by atoms with E-state index in [0.717, 1.165) is 0 Å². The van der Waals surface area contributed by atoms with E-state index >= 15 is 0 Å². The fraction of sp³-hybridized carbons (Fsp3) is 0.400. The van der Waals surface area contributed by atoms with Crippen molar-refractivity contribution in [2.45, 2.75) is 12.5 Å². The molecular weight excluding hydrogens is 190 g/mol. The van der Waals surface area contributed by atoms with Gasteiger partial charge in [0.05, 0.1) is 6.61 Å². The van der Waals surface area contributed by atoms with Crippen molar-refractivity contribution in [3.8, 4) is 0 Å². The number of hydrogen-bond donors (Lipinski definition) is 1. The minimum absolute atomic E-state index is 0.103. The SMILES string of the molecule is OC(COCC(F)F)c1ccccc1. The summed E-state index contributed by atoms with van der Waals surface area (Å²) in [5.41, 5.74) is 0.668. The molecule has 0 saturated carbocycles.